The van der Waals surface area contributed by atoms with Gasteiger partial charge in [-0.2, -0.15) is 0 Å². The maximum Gasteiger partial charge on any atom is 0.271 e. The number of halogens is 1. The summed E-state index contributed by atoms with van der Waals surface area (Å²) in [7, 11) is 0. The first-order valence-electron chi connectivity index (χ1n) is 5.96. The van der Waals surface area contributed by atoms with Crippen molar-refractivity contribution in [2.45, 2.75) is 19.1 Å². The van der Waals surface area contributed by atoms with Crippen molar-refractivity contribution in [3.05, 3.63) is 33.3 Å². The highest BCUT2D eigenvalue weighted by atomic mass is 35.5. The summed E-state index contributed by atoms with van der Waals surface area (Å²) in [6.07, 6.45) is -0.262. The molecule has 1 heterocycles. The Balaban J connectivity index is 2.27. The summed E-state index contributed by atoms with van der Waals surface area (Å²) < 4.78 is 5.45. The Kier molecular flexibility index (Phi) is 4.24. The van der Waals surface area contributed by atoms with E-state index in [1.165, 1.54) is 12.1 Å². The van der Waals surface area contributed by atoms with Crippen LogP contribution in [0.4, 0.5) is 11.4 Å². The Hall–Kier alpha value is -1.37. The summed E-state index contributed by atoms with van der Waals surface area (Å²) in [6.45, 7) is 2.91. The van der Waals surface area contributed by atoms with Crippen LogP contribution in [0, 0.1) is 10.1 Å². The van der Waals surface area contributed by atoms with Crippen molar-refractivity contribution < 1.29 is 14.8 Å². The molecule has 1 fully saturated rings. The molecule has 1 aliphatic heterocycles. The third-order valence-corrected chi connectivity index (χ3v) is 3.46. The van der Waals surface area contributed by atoms with Gasteiger partial charge in [0.05, 0.1) is 35.0 Å². The highest BCUT2D eigenvalue weighted by molar-refractivity contribution is 6.33. The lowest BCUT2D eigenvalue weighted by Crippen LogP contribution is -2.49. The monoisotopic (exact) mass is 286 g/mol. The Morgan fingerprint density at radius 1 is 1.63 bits per heavy atom. The number of benzene rings is 1. The zero-order valence-corrected chi connectivity index (χ0v) is 11.2. The van der Waals surface area contributed by atoms with Crippen LogP contribution in [0.3, 0.4) is 0 Å². The average molecular weight is 287 g/mol. The first-order chi connectivity index (χ1) is 9.02. The highest BCUT2D eigenvalue weighted by Gasteiger charge is 2.27. The van der Waals surface area contributed by atoms with Crippen LogP contribution in [0.1, 0.15) is 6.92 Å². The number of aliphatic hydroxyl groups is 1. The van der Waals surface area contributed by atoms with Gasteiger partial charge in [0, 0.05) is 24.7 Å². The van der Waals surface area contributed by atoms with E-state index in [0.717, 1.165) is 5.69 Å². The molecule has 19 heavy (non-hydrogen) atoms. The number of hydrogen-bond donors (Lipinski definition) is 1. The summed E-state index contributed by atoms with van der Waals surface area (Å²) in [5, 5.41) is 20.2. The van der Waals surface area contributed by atoms with Gasteiger partial charge in [0.2, 0.25) is 0 Å². The third-order valence-electron chi connectivity index (χ3n) is 3.16. The molecule has 0 saturated carbocycles. The molecule has 0 radical (unpaired) electrons. The molecule has 1 saturated heterocycles. The number of nitro benzene ring substituents is 1. The molecule has 7 heteroatoms. The van der Waals surface area contributed by atoms with Gasteiger partial charge in [-0.15, -0.1) is 0 Å². The molecule has 0 aliphatic carbocycles. The van der Waals surface area contributed by atoms with E-state index >= 15 is 0 Å². The SMILES string of the molecule is CC1COC(CO)CN1c1ccc([N+](=O)[O-])cc1Cl. The Morgan fingerprint density at radius 2 is 2.37 bits per heavy atom. The molecule has 2 unspecified atom stereocenters. The maximum absolute atomic E-state index is 10.7. The second kappa shape index (κ2) is 5.73. The molecule has 0 aromatic heterocycles. The van der Waals surface area contributed by atoms with Gasteiger partial charge in [0.1, 0.15) is 0 Å². The van der Waals surface area contributed by atoms with Crippen molar-refractivity contribution in [1.29, 1.82) is 0 Å². The predicted octanol–water partition coefficient (Wildman–Crippen LogP) is 1.83. The molecule has 2 rings (SSSR count). The summed E-state index contributed by atoms with van der Waals surface area (Å²) in [5.41, 5.74) is 0.690. The number of morpholine rings is 1. The summed E-state index contributed by atoms with van der Waals surface area (Å²) in [4.78, 5) is 12.2. The van der Waals surface area contributed by atoms with Crippen LogP contribution < -0.4 is 4.90 Å². The minimum absolute atomic E-state index is 0.0339. The molecule has 1 aromatic carbocycles. The topological polar surface area (TPSA) is 75.8 Å². The number of non-ortho nitro benzene ring substituents is 1. The van der Waals surface area contributed by atoms with Crippen molar-refractivity contribution in [2.24, 2.45) is 0 Å². The highest BCUT2D eigenvalue weighted by Crippen LogP contribution is 2.32. The van der Waals surface area contributed by atoms with Gasteiger partial charge in [0.25, 0.3) is 5.69 Å². The molecular formula is C12H15ClN2O4. The van der Waals surface area contributed by atoms with Crippen LogP contribution in [-0.4, -0.2) is 41.9 Å². The lowest BCUT2D eigenvalue weighted by atomic mass is 10.1. The smallest absolute Gasteiger partial charge is 0.271 e. The summed E-state index contributed by atoms with van der Waals surface area (Å²) >= 11 is 6.11. The van der Waals surface area contributed by atoms with Crippen LogP contribution in [0.2, 0.25) is 5.02 Å². The summed E-state index contributed by atoms with van der Waals surface area (Å²) in [6, 6.07) is 4.50. The lowest BCUT2D eigenvalue weighted by Gasteiger charge is -2.39. The Labute approximate surface area is 115 Å². The predicted molar refractivity (Wildman–Crippen MR) is 71.7 cm³/mol. The average Bonchev–Trinajstić information content (AvgIpc) is 2.39. The zero-order chi connectivity index (χ0) is 14.0. The van der Waals surface area contributed by atoms with Crippen molar-refractivity contribution in [1.82, 2.24) is 0 Å². The number of ether oxygens (including phenoxy) is 1. The fraction of sp³-hybridized carbons (Fsp3) is 0.500. The minimum atomic E-state index is -0.477. The zero-order valence-electron chi connectivity index (χ0n) is 10.5. The van der Waals surface area contributed by atoms with Crippen molar-refractivity contribution in [3.63, 3.8) is 0 Å². The van der Waals surface area contributed by atoms with Crippen molar-refractivity contribution in [3.8, 4) is 0 Å². The van der Waals surface area contributed by atoms with Gasteiger partial charge in [-0.05, 0) is 13.0 Å². The second-order valence-corrected chi connectivity index (χ2v) is 4.94. The molecule has 6 nitrogen and oxygen atoms in total. The lowest BCUT2D eigenvalue weighted by molar-refractivity contribution is -0.384. The molecule has 0 spiro atoms. The van der Waals surface area contributed by atoms with E-state index < -0.39 is 4.92 Å². The molecule has 1 aromatic rings. The van der Waals surface area contributed by atoms with E-state index in [4.69, 9.17) is 21.4 Å². The van der Waals surface area contributed by atoms with E-state index in [1.54, 1.807) is 6.07 Å². The molecule has 0 amide bonds. The first kappa shape index (κ1) is 14.0. The van der Waals surface area contributed by atoms with Gasteiger partial charge in [0.15, 0.2) is 0 Å². The normalized spacial score (nSPS) is 23.4. The fourth-order valence-corrected chi connectivity index (χ4v) is 2.39. The van der Waals surface area contributed by atoms with Crippen LogP contribution in [0.5, 0.6) is 0 Å². The maximum atomic E-state index is 10.7. The van der Waals surface area contributed by atoms with Gasteiger partial charge in [-0.3, -0.25) is 10.1 Å². The molecule has 1 N–H and O–H groups in total. The second-order valence-electron chi connectivity index (χ2n) is 4.53. The summed E-state index contributed by atoms with van der Waals surface area (Å²) in [5.74, 6) is 0. The van der Waals surface area contributed by atoms with E-state index in [0.29, 0.717) is 18.2 Å². The van der Waals surface area contributed by atoms with Crippen LogP contribution in [0.15, 0.2) is 18.2 Å². The number of rotatable bonds is 3. The van der Waals surface area contributed by atoms with E-state index in [9.17, 15) is 10.1 Å². The quantitative estimate of drug-likeness (QED) is 0.678. The molecule has 2 atom stereocenters. The van der Waals surface area contributed by atoms with Gasteiger partial charge >= 0.3 is 0 Å². The minimum Gasteiger partial charge on any atom is -0.394 e. The fourth-order valence-electron chi connectivity index (χ4n) is 2.11. The van der Waals surface area contributed by atoms with Crippen molar-refractivity contribution >= 4 is 23.0 Å². The standard InChI is InChI=1S/C12H15ClN2O4/c1-8-7-19-10(6-16)5-14(8)12-3-2-9(15(17)18)4-11(12)13/h2-4,8,10,16H,5-7H2,1H3. The van der Waals surface area contributed by atoms with Crippen LogP contribution in [-0.2, 0) is 4.74 Å². The Bertz CT molecular complexity index is 483. The molecule has 1 aliphatic rings. The number of aliphatic hydroxyl groups excluding tert-OH is 1. The Morgan fingerprint density at radius 3 is 2.95 bits per heavy atom. The number of hydrogen-bond acceptors (Lipinski definition) is 5. The van der Waals surface area contributed by atoms with E-state index in [-0.39, 0.29) is 24.4 Å². The van der Waals surface area contributed by atoms with Crippen molar-refractivity contribution in [2.75, 3.05) is 24.7 Å². The number of nitro groups is 1. The molecule has 104 valence electrons. The number of anilines is 1. The van der Waals surface area contributed by atoms with E-state index in [1.807, 2.05) is 11.8 Å². The van der Waals surface area contributed by atoms with Gasteiger partial charge in [-0.1, -0.05) is 11.6 Å². The first-order valence-corrected chi connectivity index (χ1v) is 6.33. The largest absolute Gasteiger partial charge is 0.394 e. The van der Waals surface area contributed by atoms with Crippen LogP contribution in [0.25, 0.3) is 0 Å². The molecular weight excluding hydrogens is 272 g/mol. The van der Waals surface area contributed by atoms with E-state index in [2.05, 4.69) is 0 Å². The van der Waals surface area contributed by atoms with Gasteiger partial charge < -0.3 is 14.7 Å². The van der Waals surface area contributed by atoms with Gasteiger partial charge in [-0.25, -0.2) is 0 Å². The third kappa shape index (κ3) is 2.97. The number of nitrogens with zero attached hydrogens (tertiary/aromatic N) is 2. The molecule has 0 bridgehead atoms. The van der Waals surface area contributed by atoms with Crippen LogP contribution >= 0.6 is 11.6 Å².